The van der Waals surface area contributed by atoms with Crippen LogP contribution >= 0.6 is 0 Å². The molecule has 0 atom stereocenters. The first kappa shape index (κ1) is 19.4. The van der Waals surface area contributed by atoms with Crippen LogP contribution in [0.3, 0.4) is 0 Å². The zero-order chi connectivity index (χ0) is 22.4. The van der Waals surface area contributed by atoms with Gasteiger partial charge >= 0.3 is 0 Å². The minimum absolute atomic E-state index is 0.210. The second-order valence-corrected chi connectivity index (χ2v) is 7.24. The van der Waals surface area contributed by atoms with Gasteiger partial charge in [-0.1, -0.05) is 30.3 Å². The lowest BCUT2D eigenvalue weighted by atomic mass is 10.1. The van der Waals surface area contributed by atoms with Crippen LogP contribution in [0.25, 0.3) is 16.7 Å². The molecule has 4 aromatic rings. The summed E-state index contributed by atoms with van der Waals surface area (Å²) in [4.78, 5) is 54.7. The van der Waals surface area contributed by atoms with Crippen molar-refractivity contribution >= 4 is 28.8 Å². The monoisotopic (exact) mass is 428 g/mol. The number of nitrogens with zero attached hydrogens (tertiary/aromatic N) is 5. The fourth-order valence-corrected chi connectivity index (χ4v) is 3.67. The van der Waals surface area contributed by atoms with E-state index in [4.69, 9.17) is 0 Å². The zero-order valence-electron chi connectivity index (χ0n) is 16.8. The van der Waals surface area contributed by atoms with Crippen molar-refractivity contribution in [2.75, 3.05) is 0 Å². The minimum Gasteiger partial charge on any atom is -0.289 e. The molecule has 2 aromatic carbocycles. The Hall–Kier alpha value is -4.60. The van der Waals surface area contributed by atoms with Gasteiger partial charge in [-0.15, -0.1) is 0 Å². The lowest BCUT2D eigenvalue weighted by molar-refractivity contribution is -0.124. The van der Waals surface area contributed by atoms with Gasteiger partial charge in [0, 0.05) is 0 Å². The molecule has 10 nitrogen and oxygen atoms in total. The predicted octanol–water partition coefficient (Wildman–Crippen LogP) is 1.22. The highest BCUT2D eigenvalue weighted by atomic mass is 16.2. The molecule has 2 aromatic heterocycles. The van der Waals surface area contributed by atoms with Crippen molar-refractivity contribution in [3.63, 3.8) is 0 Å². The van der Waals surface area contributed by atoms with Gasteiger partial charge in [-0.05, 0) is 31.2 Å². The number of carbonyl (C=O) groups is 3. The Balaban J connectivity index is 1.42. The average molecular weight is 428 g/mol. The van der Waals surface area contributed by atoms with Crippen LogP contribution in [-0.4, -0.2) is 42.1 Å². The summed E-state index contributed by atoms with van der Waals surface area (Å²) in [6.45, 7) is 1.26. The second-order valence-electron chi connectivity index (χ2n) is 7.24. The summed E-state index contributed by atoms with van der Waals surface area (Å²) in [6, 6.07) is 15.5. The Morgan fingerprint density at radius 3 is 2.22 bits per heavy atom. The van der Waals surface area contributed by atoms with Crippen molar-refractivity contribution in [2.45, 2.75) is 13.5 Å². The second kappa shape index (κ2) is 7.27. The Morgan fingerprint density at radius 1 is 0.938 bits per heavy atom. The summed E-state index contributed by atoms with van der Waals surface area (Å²) in [5.74, 6) is -1.96. The number of nitrogens with one attached hydrogen (secondary N) is 1. The third-order valence-electron chi connectivity index (χ3n) is 5.18. The normalized spacial score (nSPS) is 13.0. The van der Waals surface area contributed by atoms with Crippen LogP contribution in [0, 0.1) is 6.92 Å². The van der Waals surface area contributed by atoms with Crippen molar-refractivity contribution in [1.82, 2.24) is 29.8 Å². The van der Waals surface area contributed by atoms with E-state index in [9.17, 15) is 19.2 Å². The van der Waals surface area contributed by atoms with Crippen molar-refractivity contribution in [3.8, 4) is 5.69 Å². The number of para-hydroxylation sites is 1. The lowest BCUT2D eigenvalue weighted by Gasteiger charge is -2.15. The molecule has 0 radical (unpaired) electrons. The van der Waals surface area contributed by atoms with Crippen molar-refractivity contribution in [3.05, 3.63) is 88.1 Å². The Kier molecular flexibility index (Phi) is 4.40. The van der Waals surface area contributed by atoms with E-state index in [1.807, 2.05) is 30.3 Å². The molecule has 1 aliphatic rings. The maximum absolute atomic E-state index is 13.0. The summed E-state index contributed by atoms with van der Waals surface area (Å²) < 4.78 is 2.68. The van der Waals surface area contributed by atoms with Gasteiger partial charge in [0.05, 0.1) is 22.5 Å². The number of benzene rings is 2. The van der Waals surface area contributed by atoms with E-state index in [-0.39, 0.29) is 16.5 Å². The summed E-state index contributed by atoms with van der Waals surface area (Å²) in [5.41, 5.74) is 3.84. The van der Waals surface area contributed by atoms with Crippen LogP contribution in [0.1, 0.15) is 26.4 Å². The molecule has 0 unspecified atom stereocenters. The summed E-state index contributed by atoms with van der Waals surface area (Å²) in [7, 11) is 0. The molecule has 3 amide bonds. The van der Waals surface area contributed by atoms with Gasteiger partial charge < -0.3 is 0 Å². The van der Waals surface area contributed by atoms with Gasteiger partial charge in [-0.25, -0.2) is 9.67 Å². The summed E-state index contributed by atoms with van der Waals surface area (Å²) in [6.07, 6.45) is 1.24. The number of hydrogen-bond acceptors (Lipinski definition) is 6. The van der Waals surface area contributed by atoms with E-state index in [1.165, 1.54) is 18.5 Å². The highest BCUT2D eigenvalue weighted by Gasteiger charge is 2.36. The molecule has 0 bridgehead atoms. The minimum atomic E-state index is -0.712. The third kappa shape index (κ3) is 2.97. The topological polar surface area (TPSA) is 119 Å². The van der Waals surface area contributed by atoms with Crippen LogP contribution in [0.15, 0.2) is 65.7 Å². The zero-order valence-corrected chi connectivity index (χ0v) is 16.8. The first-order chi connectivity index (χ1) is 15.5. The summed E-state index contributed by atoms with van der Waals surface area (Å²) >= 11 is 0. The van der Waals surface area contributed by atoms with E-state index < -0.39 is 29.8 Å². The quantitative estimate of drug-likeness (QED) is 0.488. The van der Waals surface area contributed by atoms with Crippen molar-refractivity contribution in [2.24, 2.45) is 0 Å². The number of imide groups is 1. The summed E-state index contributed by atoms with van der Waals surface area (Å²) in [5, 5.41) is 5.35. The van der Waals surface area contributed by atoms with Crippen molar-refractivity contribution < 1.29 is 14.4 Å². The first-order valence-electron chi connectivity index (χ1n) is 9.73. The molecular formula is C22H16N6O4. The predicted molar refractivity (Wildman–Crippen MR) is 113 cm³/mol. The number of rotatable bonds is 4. The number of hydrazine groups is 1. The van der Waals surface area contributed by atoms with Crippen LogP contribution in [-0.2, 0) is 11.3 Å². The lowest BCUT2D eigenvalue weighted by Crippen LogP contribution is -2.47. The standard InChI is InChI=1S/C22H16N6O4/c1-13-18-19(27(24-13)14-7-3-2-4-8-14)23-12-26(22(18)32)11-17(29)25-28-20(30)15-9-5-6-10-16(15)21(28)31/h2-10,12H,11H2,1H3,(H,25,29). The molecule has 0 aliphatic carbocycles. The van der Waals surface area contributed by atoms with E-state index in [0.717, 1.165) is 10.3 Å². The molecule has 32 heavy (non-hydrogen) atoms. The van der Waals surface area contributed by atoms with Crippen LogP contribution in [0.2, 0.25) is 0 Å². The average Bonchev–Trinajstić information content (AvgIpc) is 3.26. The highest BCUT2D eigenvalue weighted by Crippen LogP contribution is 2.21. The number of hydrogen-bond donors (Lipinski definition) is 1. The van der Waals surface area contributed by atoms with E-state index in [1.54, 1.807) is 23.7 Å². The van der Waals surface area contributed by atoms with Gasteiger partial charge in [0.25, 0.3) is 23.3 Å². The highest BCUT2D eigenvalue weighted by molar-refractivity contribution is 6.21. The largest absolute Gasteiger partial charge is 0.289 e. The van der Waals surface area contributed by atoms with Crippen LogP contribution < -0.4 is 11.0 Å². The number of fused-ring (bicyclic) bond motifs is 2. The molecule has 1 N–H and O–H groups in total. The molecule has 0 fully saturated rings. The molecule has 0 saturated carbocycles. The number of aromatic nitrogens is 4. The number of carbonyl (C=O) groups excluding carboxylic acids is 3. The van der Waals surface area contributed by atoms with E-state index in [2.05, 4.69) is 15.5 Å². The Morgan fingerprint density at radius 2 is 1.56 bits per heavy atom. The maximum Gasteiger partial charge on any atom is 0.280 e. The fraction of sp³-hybridized carbons (Fsp3) is 0.0909. The van der Waals surface area contributed by atoms with Gasteiger partial charge in [-0.3, -0.25) is 29.2 Å². The van der Waals surface area contributed by atoms with Crippen molar-refractivity contribution in [1.29, 1.82) is 0 Å². The molecule has 0 spiro atoms. The molecule has 5 rings (SSSR count). The first-order valence-corrected chi connectivity index (χ1v) is 9.73. The fourth-order valence-electron chi connectivity index (χ4n) is 3.67. The Bertz CT molecular complexity index is 1440. The number of amides is 3. The third-order valence-corrected chi connectivity index (χ3v) is 5.18. The molecule has 3 heterocycles. The molecule has 1 aliphatic heterocycles. The van der Waals surface area contributed by atoms with Gasteiger partial charge in [-0.2, -0.15) is 10.1 Å². The molecule has 10 heteroatoms. The van der Waals surface area contributed by atoms with Crippen LogP contribution in [0.5, 0.6) is 0 Å². The number of aryl methyl sites for hydroxylation is 1. The molecule has 0 saturated heterocycles. The van der Waals surface area contributed by atoms with Crippen LogP contribution in [0.4, 0.5) is 0 Å². The molecular weight excluding hydrogens is 412 g/mol. The SMILES string of the molecule is Cc1nn(-c2ccccc2)c2ncn(CC(=O)NN3C(=O)c4ccccc4C3=O)c(=O)c12. The molecule has 158 valence electrons. The van der Waals surface area contributed by atoms with E-state index in [0.29, 0.717) is 16.4 Å². The van der Waals surface area contributed by atoms with E-state index >= 15 is 0 Å². The van der Waals surface area contributed by atoms with Gasteiger partial charge in [0.2, 0.25) is 0 Å². The maximum atomic E-state index is 13.0. The Labute approximate surface area is 180 Å². The smallest absolute Gasteiger partial charge is 0.280 e. The van der Waals surface area contributed by atoms with Gasteiger partial charge in [0.15, 0.2) is 5.65 Å². The van der Waals surface area contributed by atoms with Gasteiger partial charge in [0.1, 0.15) is 18.3 Å².